The molecule has 0 aromatic rings. The highest BCUT2D eigenvalue weighted by molar-refractivity contribution is 5.78. The van der Waals surface area contributed by atoms with Gasteiger partial charge in [-0.25, -0.2) is 4.79 Å². The van der Waals surface area contributed by atoms with Crippen molar-refractivity contribution >= 4 is 5.97 Å². The number of aliphatic hydroxyl groups is 1. The fourth-order valence-corrected chi connectivity index (χ4v) is 2.37. The van der Waals surface area contributed by atoms with Crippen LogP contribution < -0.4 is 0 Å². The molecule has 0 aliphatic heterocycles. The number of hydrogen-bond acceptors (Lipinski definition) is 2. The van der Waals surface area contributed by atoms with Crippen LogP contribution in [0.5, 0.6) is 0 Å². The first kappa shape index (κ1) is 7.10. The molecule has 11 heavy (non-hydrogen) atoms. The molecule has 0 unspecified atom stereocenters. The summed E-state index contributed by atoms with van der Waals surface area (Å²) < 4.78 is 0. The van der Waals surface area contributed by atoms with Gasteiger partial charge in [0.2, 0.25) is 0 Å². The second kappa shape index (κ2) is 1.78. The first-order valence-corrected chi connectivity index (χ1v) is 4.02. The Labute approximate surface area is 65.0 Å². The maximum absolute atomic E-state index is 10.5. The van der Waals surface area contributed by atoms with Crippen LogP contribution in [0.25, 0.3) is 0 Å². The van der Waals surface area contributed by atoms with Crippen molar-refractivity contribution in [2.75, 3.05) is 0 Å². The van der Waals surface area contributed by atoms with E-state index in [1.165, 1.54) is 6.42 Å². The van der Waals surface area contributed by atoms with Gasteiger partial charge in [0.1, 0.15) is 0 Å². The summed E-state index contributed by atoms with van der Waals surface area (Å²) >= 11 is 0. The lowest BCUT2D eigenvalue weighted by atomic mass is 9.50. The number of carboxylic acids is 1. The SMILES string of the molecule is O=C(O)C1(O)CC2(CCC2)C1. The number of carboxylic acid groups (broad SMARTS) is 1. The lowest BCUT2D eigenvalue weighted by Gasteiger charge is -2.56. The first-order chi connectivity index (χ1) is 5.06. The third-order valence-electron chi connectivity index (χ3n) is 3.15. The van der Waals surface area contributed by atoms with Crippen molar-refractivity contribution in [3.8, 4) is 0 Å². The highest BCUT2D eigenvalue weighted by atomic mass is 16.4. The molecule has 0 saturated heterocycles. The van der Waals surface area contributed by atoms with E-state index in [4.69, 9.17) is 5.11 Å². The molecule has 0 amide bonds. The minimum absolute atomic E-state index is 0.229. The molecule has 0 atom stereocenters. The quantitative estimate of drug-likeness (QED) is 0.589. The number of carbonyl (C=O) groups is 1. The Kier molecular flexibility index (Phi) is 1.15. The van der Waals surface area contributed by atoms with E-state index >= 15 is 0 Å². The highest BCUT2D eigenvalue weighted by Gasteiger charge is 2.60. The van der Waals surface area contributed by atoms with Crippen LogP contribution in [0.15, 0.2) is 0 Å². The Balaban J connectivity index is 2.00. The maximum atomic E-state index is 10.5. The van der Waals surface area contributed by atoms with Gasteiger partial charge in [-0.2, -0.15) is 0 Å². The summed E-state index contributed by atoms with van der Waals surface area (Å²) in [6.07, 6.45) is 4.39. The molecule has 2 rings (SSSR count). The van der Waals surface area contributed by atoms with Gasteiger partial charge in [-0.3, -0.25) is 0 Å². The third kappa shape index (κ3) is 0.805. The molecule has 0 heterocycles. The second-order valence-electron chi connectivity index (χ2n) is 4.04. The molecule has 0 aromatic carbocycles. The average Bonchev–Trinajstić information content (AvgIpc) is 1.75. The van der Waals surface area contributed by atoms with E-state index in [1.54, 1.807) is 0 Å². The summed E-state index contributed by atoms with van der Waals surface area (Å²) in [6, 6.07) is 0. The molecule has 2 saturated carbocycles. The fraction of sp³-hybridized carbons (Fsp3) is 0.875. The Morgan fingerprint density at radius 3 is 2.09 bits per heavy atom. The van der Waals surface area contributed by atoms with Crippen molar-refractivity contribution in [2.24, 2.45) is 5.41 Å². The van der Waals surface area contributed by atoms with E-state index in [1.807, 2.05) is 0 Å². The summed E-state index contributed by atoms with van der Waals surface area (Å²) in [5.41, 5.74) is -1.15. The highest BCUT2D eigenvalue weighted by Crippen LogP contribution is 2.60. The van der Waals surface area contributed by atoms with Crippen LogP contribution in [0.4, 0.5) is 0 Å². The third-order valence-corrected chi connectivity index (χ3v) is 3.15. The van der Waals surface area contributed by atoms with Gasteiger partial charge in [-0.05, 0) is 31.1 Å². The van der Waals surface area contributed by atoms with Crippen molar-refractivity contribution in [3.63, 3.8) is 0 Å². The Morgan fingerprint density at radius 2 is 1.82 bits per heavy atom. The van der Waals surface area contributed by atoms with Crippen LogP contribution in [-0.2, 0) is 4.79 Å². The van der Waals surface area contributed by atoms with E-state index in [0.29, 0.717) is 12.8 Å². The van der Waals surface area contributed by atoms with E-state index in [2.05, 4.69) is 0 Å². The van der Waals surface area contributed by atoms with Gasteiger partial charge in [-0.15, -0.1) is 0 Å². The molecule has 3 nitrogen and oxygen atoms in total. The molecular weight excluding hydrogens is 144 g/mol. The Morgan fingerprint density at radius 1 is 1.27 bits per heavy atom. The van der Waals surface area contributed by atoms with Gasteiger partial charge in [-0.1, -0.05) is 6.42 Å². The monoisotopic (exact) mass is 156 g/mol. The van der Waals surface area contributed by atoms with E-state index in [0.717, 1.165) is 12.8 Å². The topological polar surface area (TPSA) is 57.5 Å². The lowest BCUT2D eigenvalue weighted by molar-refractivity contribution is -0.198. The van der Waals surface area contributed by atoms with Crippen molar-refractivity contribution < 1.29 is 15.0 Å². The zero-order valence-corrected chi connectivity index (χ0v) is 6.34. The van der Waals surface area contributed by atoms with Crippen LogP contribution >= 0.6 is 0 Å². The first-order valence-electron chi connectivity index (χ1n) is 4.02. The molecule has 0 aromatic heterocycles. The van der Waals surface area contributed by atoms with Crippen molar-refractivity contribution in [1.82, 2.24) is 0 Å². The molecule has 2 fully saturated rings. The molecule has 1 spiro atoms. The maximum Gasteiger partial charge on any atom is 0.335 e. The Hall–Kier alpha value is -0.570. The smallest absolute Gasteiger partial charge is 0.335 e. The van der Waals surface area contributed by atoms with Gasteiger partial charge in [0.15, 0.2) is 5.60 Å². The summed E-state index contributed by atoms with van der Waals surface area (Å²) in [5, 5.41) is 18.0. The fourth-order valence-electron chi connectivity index (χ4n) is 2.37. The molecule has 0 radical (unpaired) electrons. The van der Waals surface area contributed by atoms with E-state index in [-0.39, 0.29) is 5.41 Å². The summed E-state index contributed by atoms with van der Waals surface area (Å²) in [4.78, 5) is 10.5. The molecule has 2 N–H and O–H groups in total. The summed E-state index contributed by atoms with van der Waals surface area (Å²) in [7, 11) is 0. The largest absolute Gasteiger partial charge is 0.479 e. The van der Waals surface area contributed by atoms with Crippen molar-refractivity contribution in [2.45, 2.75) is 37.7 Å². The standard InChI is InChI=1S/C8H12O3/c9-6(10)8(11)4-7(5-8)2-1-3-7/h11H,1-5H2,(H,9,10). The van der Waals surface area contributed by atoms with Gasteiger partial charge in [0.05, 0.1) is 0 Å². The van der Waals surface area contributed by atoms with Gasteiger partial charge >= 0.3 is 5.97 Å². The van der Waals surface area contributed by atoms with Crippen molar-refractivity contribution in [3.05, 3.63) is 0 Å². The predicted molar refractivity (Wildman–Crippen MR) is 38.1 cm³/mol. The van der Waals surface area contributed by atoms with Crippen LogP contribution in [-0.4, -0.2) is 21.8 Å². The van der Waals surface area contributed by atoms with E-state index in [9.17, 15) is 9.90 Å². The number of aliphatic carboxylic acids is 1. The molecule has 2 aliphatic carbocycles. The van der Waals surface area contributed by atoms with Crippen LogP contribution in [0, 0.1) is 5.41 Å². The predicted octanol–water partition coefficient (Wildman–Crippen LogP) is 0.766. The zero-order chi connectivity index (χ0) is 8.11. The summed E-state index contributed by atoms with van der Waals surface area (Å²) in [6.45, 7) is 0. The minimum Gasteiger partial charge on any atom is -0.479 e. The zero-order valence-electron chi connectivity index (χ0n) is 6.34. The Bertz CT molecular complexity index is 197. The molecule has 2 aliphatic rings. The summed E-state index contributed by atoms with van der Waals surface area (Å²) in [5.74, 6) is -1.05. The van der Waals surface area contributed by atoms with Crippen LogP contribution in [0.2, 0.25) is 0 Å². The van der Waals surface area contributed by atoms with Gasteiger partial charge in [0.25, 0.3) is 0 Å². The molecule has 0 bridgehead atoms. The number of hydrogen-bond donors (Lipinski definition) is 2. The normalized spacial score (nSPS) is 30.6. The second-order valence-corrected chi connectivity index (χ2v) is 4.04. The molecular formula is C8H12O3. The van der Waals surface area contributed by atoms with Gasteiger partial charge < -0.3 is 10.2 Å². The lowest BCUT2D eigenvalue weighted by Crippen LogP contribution is -2.59. The van der Waals surface area contributed by atoms with Crippen molar-refractivity contribution in [1.29, 1.82) is 0 Å². The van der Waals surface area contributed by atoms with Crippen LogP contribution in [0.3, 0.4) is 0 Å². The number of rotatable bonds is 1. The van der Waals surface area contributed by atoms with Crippen LogP contribution in [0.1, 0.15) is 32.1 Å². The minimum atomic E-state index is -1.37. The average molecular weight is 156 g/mol. The molecule has 3 heteroatoms. The van der Waals surface area contributed by atoms with E-state index < -0.39 is 11.6 Å². The molecule has 62 valence electrons. The van der Waals surface area contributed by atoms with Gasteiger partial charge in [0, 0.05) is 0 Å².